The lowest BCUT2D eigenvalue weighted by Crippen LogP contribution is -2.61. The molecule has 6 aromatic carbocycles. The van der Waals surface area contributed by atoms with E-state index in [-0.39, 0.29) is 6.71 Å². The van der Waals surface area contributed by atoms with Crippen molar-refractivity contribution in [3.63, 3.8) is 0 Å². The lowest BCUT2D eigenvalue weighted by molar-refractivity contribution is 0.463. The van der Waals surface area contributed by atoms with E-state index in [1.165, 1.54) is 10.9 Å². The lowest BCUT2D eigenvalue weighted by Gasteiger charge is -2.43. The van der Waals surface area contributed by atoms with Gasteiger partial charge in [-0.1, -0.05) is 54.6 Å². The molecule has 10 rings (SSSR count). The Morgan fingerprint density at radius 3 is 1.40 bits per heavy atom. The highest BCUT2D eigenvalue weighted by Crippen LogP contribution is 2.52. The number of nitrogens with zero attached hydrogens (tertiary/aromatic N) is 2. The first-order valence-electron chi connectivity index (χ1n) is 14.1. The van der Waals surface area contributed by atoms with Crippen LogP contribution in [-0.2, 0) is 0 Å². The van der Waals surface area contributed by atoms with Gasteiger partial charge in [-0.15, -0.1) is 0 Å². The van der Waals surface area contributed by atoms with Crippen LogP contribution in [0.15, 0.2) is 127 Å². The monoisotopic (exact) mass is 540 g/mol. The maximum absolute atomic E-state index is 6.78. The molecule has 0 saturated heterocycles. The third-order valence-electron chi connectivity index (χ3n) is 8.67. The van der Waals surface area contributed by atoms with Gasteiger partial charge in [-0.3, -0.25) is 0 Å². The number of fused-ring (bicyclic) bond motifs is 2. The zero-order valence-electron chi connectivity index (χ0n) is 22.3. The summed E-state index contributed by atoms with van der Waals surface area (Å²) in [6.45, 7) is 0.00757. The van der Waals surface area contributed by atoms with E-state index in [1.807, 2.05) is 36.4 Å². The van der Waals surface area contributed by atoms with Crippen molar-refractivity contribution in [2.24, 2.45) is 0 Å². The standard InChI is InChI=1S/C36H21BN2O3/c1-2-10-22(11-3-1)38-26-14-8-18-30-34(26)37-35-27(38)15-9-19-31(35)42-33-21-23(20-32(41-30)36(33)37)39-24-12-4-6-16-28(24)40-29-17-7-5-13-25(29)39/h1-21H. The number of rotatable bonds is 2. The number of para-hydroxylation sites is 5. The summed E-state index contributed by atoms with van der Waals surface area (Å²) in [5, 5.41) is 0. The molecule has 0 bridgehead atoms. The molecular weight excluding hydrogens is 519 g/mol. The molecule has 0 spiro atoms. The largest absolute Gasteiger partial charge is 0.458 e. The molecule has 4 aliphatic rings. The SMILES string of the molecule is c1ccc(N2c3cccc4c3B3c5c(cc(N6c7ccccc7Oc7ccccc76)cc5Oc5cccc2c53)O4)cc1. The van der Waals surface area contributed by atoms with Crippen LogP contribution in [-0.4, -0.2) is 6.71 Å². The van der Waals surface area contributed by atoms with Crippen molar-refractivity contribution in [3.8, 4) is 34.5 Å². The minimum absolute atomic E-state index is 0.00757. The third kappa shape index (κ3) is 2.83. The Bertz CT molecular complexity index is 1990. The Morgan fingerprint density at radius 1 is 0.357 bits per heavy atom. The van der Waals surface area contributed by atoms with E-state index in [0.717, 1.165) is 74.1 Å². The normalized spacial score (nSPS) is 14.1. The van der Waals surface area contributed by atoms with Gasteiger partial charge in [0.05, 0.1) is 17.1 Å². The molecule has 6 aromatic rings. The van der Waals surface area contributed by atoms with Gasteiger partial charge in [0.1, 0.15) is 23.0 Å². The molecule has 42 heavy (non-hydrogen) atoms. The van der Waals surface area contributed by atoms with Gasteiger partial charge in [0, 0.05) is 34.7 Å². The Hall–Kier alpha value is -5.62. The second-order valence-corrected chi connectivity index (χ2v) is 10.9. The van der Waals surface area contributed by atoms with E-state index in [2.05, 4.69) is 101 Å². The average molecular weight is 540 g/mol. The molecule has 0 amide bonds. The van der Waals surface area contributed by atoms with E-state index in [1.54, 1.807) is 0 Å². The summed E-state index contributed by atoms with van der Waals surface area (Å²) in [6.07, 6.45) is 0. The Balaban J connectivity index is 1.22. The minimum Gasteiger partial charge on any atom is -0.458 e. The van der Waals surface area contributed by atoms with Crippen molar-refractivity contribution in [1.29, 1.82) is 0 Å². The Morgan fingerprint density at radius 2 is 0.810 bits per heavy atom. The van der Waals surface area contributed by atoms with Crippen LogP contribution in [0, 0.1) is 0 Å². The van der Waals surface area contributed by atoms with E-state index in [4.69, 9.17) is 14.2 Å². The zero-order chi connectivity index (χ0) is 27.4. The van der Waals surface area contributed by atoms with Crippen LogP contribution in [0.2, 0.25) is 0 Å². The lowest BCUT2D eigenvalue weighted by atomic mass is 9.33. The maximum Gasteiger partial charge on any atom is 0.266 e. The van der Waals surface area contributed by atoms with Crippen LogP contribution in [0.25, 0.3) is 0 Å². The van der Waals surface area contributed by atoms with E-state index in [0.29, 0.717) is 0 Å². The number of anilines is 6. The average Bonchev–Trinajstić information content (AvgIpc) is 3.04. The highest BCUT2D eigenvalue weighted by atomic mass is 16.5. The summed E-state index contributed by atoms with van der Waals surface area (Å²) in [7, 11) is 0. The predicted molar refractivity (Wildman–Crippen MR) is 167 cm³/mol. The molecule has 0 saturated carbocycles. The molecular formula is C36H21BN2O3. The Kier molecular flexibility index (Phi) is 4.20. The van der Waals surface area contributed by atoms with E-state index >= 15 is 0 Å². The molecule has 0 N–H and O–H groups in total. The predicted octanol–water partition coefficient (Wildman–Crippen LogP) is 7.77. The fourth-order valence-corrected chi connectivity index (χ4v) is 7.02. The van der Waals surface area contributed by atoms with Crippen molar-refractivity contribution in [2.45, 2.75) is 0 Å². The fraction of sp³-hybridized carbons (Fsp3) is 0. The molecule has 5 nitrogen and oxygen atoms in total. The van der Waals surface area contributed by atoms with E-state index in [9.17, 15) is 0 Å². The molecule has 4 aliphatic heterocycles. The second kappa shape index (κ2) is 7.98. The van der Waals surface area contributed by atoms with Gasteiger partial charge in [0.2, 0.25) is 0 Å². The summed E-state index contributed by atoms with van der Waals surface area (Å²) >= 11 is 0. The molecule has 0 atom stereocenters. The van der Waals surface area contributed by atoms with Crippen LogP contribution in [0.1, 0.15) is 0 Å². The topological polar surface area (TPSA) is 34.2 Å². The maximum atomic E-state index is 6.78. The van der Waals surface area contributed by atoms with Gasteiger partial charge in [0.15, 0.2) is 11.5 Å². The van der Waals surface area contributed by atoms with Crippen molar-refractivity contribution in [3.05, 3.63) is 127 Å². The van der Waals surface area contributed by atoms with Gasteiger partial charge >= 0.3 is 0 Å². The molecule has 196 valence electrons. The number of ether oxygens (including phenoxy) is 3. The van der Waals surface area contributed by atoms with Crippen molar-refractivity contribution in [2.75, 3.05) is 9.80 Å². The van der Waals surface area contributed by atoms with Gasteiger partial charge < -0.3 is 24.0 Å². The van der Waals surface area contributed by atoms with Crippen LogP contribution < -0.4 is 40.4 Å². The van der Waals surface area contributed by atoms with Crippen LogP contribution in [0.3, 0.4) is 0 Å². The summed E-state index contributed by atoms with van der Waals surface area (Å²) in [5.74, 6) is 4.99. The first-order chi connectivity index (χ1) is 20.8. The number of benzene rings is 6. The first kappa shape index (κ1) is 22.1. The number of hydrogen-bond donors (Lipinski definition) is 0. The fourth-order valence-electron chi connectivity index (χ4n) is 7.02. The molecule has 0 aliphatic carbocycles. The Labute approximate surface area is 242 Å². The smallest absolute Gasteiger partial charge is 0.266 e. The quantitative estimate of drug-likeness (QED) is 0.209. The molecule has 0 aromatic heterocycles. The van der Waals surface area contributed by atoms with Gasteiger partial charge in [0.25, 0.3) is 6.71 Å². The third-order valence-corrected chi connectivity index (χ3v) is 8.67. The van der Waals surface area contributed by atoms with Crippen LogP contribution in [0.5, 0.6) is 34.5 Å². The van der Waals surface area contributed by atoms with Crippen molar-refractivity contribution in [1.82, 2.24) is 0 Å². The molecule has 0 fully saturated rings. The van der Waals surface area contributed by atoms with Crippen molar-refractivity contribution < 1.29 is 14.2 Å². The van der Waals surface area contributed by atoms with Crippen LogP contribution >= 0.6 is 0 Å². The highest BCUT2D eigenvalue weighted by Gasteiger charge is 2.47. The second-order valence-electron chi connectivity index (χ2n) is 10.9. The summed E-state index contributed by atoms with van der Waals surface area (Å²) < 4.78 is 19.8. The van der Waals surface area contributed by atoms with Crippen LogP contribution in [0.4, 0.5) is 34.1 Å². The molecule has 0 unspecified atom stereocenters. The number of hydrogen-bond acceptors (Lipinski definition) is 5. The summed E-state index contributed by atoms with van der Waals surface area (Å²) in [6, 6.07) is 43.8. The van der Waals surface area contributed by atoms with Gasteiger partial charge in [-0.05, 0) is 71.6 Å². The molecule has 6 heteroatoms. The highest BCUT2D eigenvalue weighted by molar-refractivity contribution is 7.00. The zero-order valence-corrected chi connectivity index (χ0v) is 22.3. The van der Waals surface area contributed by atoms with Crippen molar-refractivity contribution >= 4 is 57.2 Å². The first-order valence-corrected chi connectivity index (χ1v) is 14.1. The minimum atomic E-state index is 0.00757. The summed E-state index contributed by atoms with van der Waals surface area (Å²) in [4.78, 5) is 4.56. The molecule has 0 radical (unpaired) electrons. The molecule has 4 heterocycles. The summed E-state index contributed by atoms with van der Waals surface area (Å²) in [5.41, 5.74) is 9.68. The van der Waals surface area contributed by atoms with E-state index < -0.39 is 0 Å². The van der Waals surface area contributed by atoms with Gasteiger partial charge in [-0.25, -0.2) is 0 Å². The van der Waals surface area contributed by atoms with Gasteiger partial charge in [-0.2, -0.15) is 0 Å².